The van der Waals surface area contributed by atoms with E-state index in [2.05, 4.69) is 36.4 Å². The summed E-state index contributed by atoms with van der Waals surface area (Å²) in [6.07, 6.45) is 0. The van der Waals surface area contributed by atoms with Crippen LogP contribution >= 0.6 is 0 Å². The van der Waals surface area contributed by atoms with E-state index in [1.165, 1.54) is 5.56 Å². The minimum atomic E-state index is 0.0261. The summed E-state index contributed by atoms with van der Waals surface area (Å²) in [6, 6.07) is 26.2. The van der Waals surface area contributed by atoms with E-state index in [0.29, 0.717) is 0 Å². The normalized spacial score (nSPS) is 18.3. The van der Waals surface area contributed by atoms with Gasteiger partial charge in [0.05, 0.1) is 0 Å². The van der Waals surface area contributed by atoms with Crippen LogP contribution in [0.1, 0.15) is 17.2 Å². The van der Waals surface area contributed by atoms with Gasteiger partial charge in [0.2, 0.25) is 0 Å². The molecule has 0 N–H and O–H groups in total. The summed E-state index contributed by atoms with van der Waals surface area (Å²) in [6.45, 7) is 0. The van der Waals surface area contributed by atoms with E-state index in [4.69, 9.17) is 9.47 Å². The van der Waals surface area contributed by atoms with Crippen molar-refractivity contribution in [2.24, 2.45) is 0 Å². The molecule has 1 heterocycles. The van der Waals surface area contributed by atoms with Crippen LogP contribution in [0.4, 0.5) is 5.69 Å². The van der Waals surface area contributed by atoms with Crippen LogP contribution in [0.25, 0.3) is 0 Å². The van der Waals surface area contributed by atoms with E-state index < -0.39 is 0 Å². The van der Waals surface area contributed by atoms with E-state index >= 15 is 0 Å². The number of amides is 1. The minimum absolute atomic E-state index is 0.0261. The van der Waals surface area contributed by atoms with Crippen LogP contribution in [0.3, 0.4) is 0 Å². The Kier molecular flexibility index (Phi) is 5.89. The van der Waals surface area contributed by atoms with Crippen LogP contribution in [0.15, 0.2) is 78.9 Å². The van der Waals surface area contributed by atoms with Gasteiger partial charge < -0.3 is 0 Å². The Labute approximate surface area is 177 Å². The van der Waals surface area contributed by atoms with Crippen molar-refractivity contribution >= 4 is 26.6 Å². The number of anilines is 1. The Morgan fingerprint density at radius 3 is 2.00 bits per heavy atom. The van der Waals surface area contributed by atoms with Gasteiger partial charge in [-0.15, -0.1) is 0 Å². The summed E-state index contributed by atoms with van der Waals surface area (Å²) in [7, 11) is 3.31. The predicted octanol–water partition coefficient (Wildman–Crippen LogP) is 4.48. The Balaban J connectivity index is 1.60. The van der Waals surface area contributed by atoms with Crippen molar-refractivity contribution in [3.05, 3.63) is 90.0 Å². The second-order valence-corrected chi connectivity index (χ2v) is 9.21. The second-order valence-electron chi connectivity index (χ2n) is 6.84. The van der Waals surface area contributed by atoms with Crippen molar-refractivity contribution in [1.82, 2.24) is 0 Å². The predicted molar refractivity (Wildman–Crippen MR) is 116 cm³/mol. The number of carbonyl (C=O) groups excluding carboxylic acids is 1. The molecule has 4 rings (SSSR count). The van der Waals surface area contributed by atoms with Crippen LogP contribution in [-0.4, -0.2) is 35.1 Å². The van der Waals surface area contributed by atoms with E-state index in [1.54, 1.807) is 14.2 Å². The van der Waals surface area contributed by atoms with Crippen LogP contribution in [0.2, 0.25) is 4.82 Å². The maximum atomic E-state index is 13.1. The number of hydrogen-bond acceptors (Lipinski definition) is 3. The first kappa shape index (κ1) is 19.6. The van der Waals surface area contributed by atoms with Gasteiger partial charge in [-0.25, -0.2) is 0 Å². The second kappa shape index (κ2) is 8.73. The molecular weight excluding hydrogens is 429 g/mol. The zero-order valence-corrected chi connectivity index (χ0v) is 18.2. The number of benzene rings is 3. The summed E-state index contributed by atoms with van der Waals surface area (Å²) >= 11 is 0.173. The number of β-lactam (4-membered cyclic amide) rings is 1. The average Bonchev–Trinajstić information content (AvgIpc) is 2.78. The molecule has 0 aromatic heterocycles. The van der Waals surface area contributed by atoms with Gasteiger partial charge in [-0.3, -0.25) is 0 Å². The molecule has 1 aliphatic heterocycles. The number of methoxy groups -OCH3 is 2. The number of hydrogen-bond donors (Lipinski definition) is 0. The third-order valence-electron chi connectivity index (χ3n) is 5.13. The monoisotopic (exact) mass is 453 g/mol. The Morgan fingerprint density at radius 2 is 1.41 bits per heavy atom. The van der Waals surface area contributed by atoms with Gasteiger partial charge in [0.15, 0.2) is 0 Å². The van der Waals surface area contributed by atoms with E-state index in [-0.39, 0.29) is 31.7 Å². The van der Waals surface area contributed by atoms with Gasteiger partial charge in [0.1, 0.15) is 0 Å². The fourth-order valence-electron chi connectivity index (χ4n) is 3.54. The molecule has 3 aromatic rings. The summed E-state index contributed by atoms with van der Waals surface area (Å²) < 4.78 is 10.6. The quantitative estimate of drug-likeness (QED) is 0.392. The third-order valence-corrected chi connectivity index (χ3v) is 7.89. The van der Waals surface area contributed by atoms with Crippen molar-refractivity contribution in [3.63, 3.8) is 0 Å². The van der Waals surface area contributed by atoms with Gasteiger partial charge >= 0.3 is 178 Å². The van der Waals surface area contributed by atoms with Crippen LogP contribution in [0, 0.1) is 0 Å². The molecule has 1 fully saturated rings. The maximum absolute atomic E-state index is 13.1. The molecule has 3 aromatic carbocycles. The zero-order chi connectivity index (χ0) is 20.2. The van der Waals surface area contributed by atoms with Crippen molar-refractivity contribution in [2.45, 2.75) is 16.2 Å². The molecule has 0 saturated carbocycles. The molecule has 0 spiro atoms. The molecule has 5 heteroatoms. The summed E-state index contributed by atoms with van der Waals surface area (Å²) in [5.41, 5.74) is 3.33. The average molecular weight is 452 g/mol. The Morgan fingerprint density at radius 1 is 0.828 bits per heavy atom. The number of carbonyl (C=O) groups is 1. The van der Waals surface area contributed by atoms with E-state index in [0.717, 1.165) is 28.1 Å². The summed E-state index contributed by atoms with van der Waals surface area (Å²) in [4.78, 5) is 15.1. The first-order valence-electron chi connectivity index (χ1n) is 9.48. The van der Waals surface area contributed by atoms with Crippen LogP contribution in [0.5, 0.6) is 11.5 Å². The van der Waals surface area contributed by atoms with E-state index in [1.807, 2.05) is 47.4 Å². The summed E-state index contributed by atoms with van der Waals surface area (Å²) in [5, 5.41) is 0.952. The van der Waals surface area contributed by atoms with Gasteiger partial charge in [-0.05, 0) is 0 Å². The SMILES string of the molecule is COc1ccc([C@@H]2[C@@H]([Se]Cc3ccccc3)C(=O)N2c2ccc(OC)cc2)cc1. The summed E-state index contributed by atoms with van der Waals surface area (Å²) in [5.74, 6) is 1.81. The molecule has 0 bridgehead atoms. The first-order valence-corrected chi connectivity index (χ1v) is 11.7. The molecule has 0 unspecified atom stereocenters. The molecule has 1 amide bonds. The van der Waals surface area contributed by atoms with Crippen molar-refractivity contribution in [2.75, 3.05) is 19.1 Å². The van der Waals surface area contributed by atoms with Crippen LogP contribution < -0.4 is 14.4 Å². The molecule has 2 atom stereocenters. The standard InChI is InChI=1S/C24H23NO3Se/c1-27-20-12-8-18(9-13-20)22-23(29-16-17-6-4-3-5-7-17)24(26)25(22)19-10-14-21(28-2)15-11-19/h3-15,22-23H,16H2,1-2H3/t22-,23-/m1/s1. The number of rotatable bonds is 7. The molecule has 148 valence electrons. The van der Waals surface area contributed by atoms with Crippen LogP contribution in [-0.2, 0) is 10.1 Å². The van der Waals surface area contributed by atoms with Crippen molar-refractivity contribution < 1.29 is 14.3 Å². The zero-order valence-electron chi connectivity index (χ0n) is 16.4. The van der Waals surface area contributed by atoms with E-state index in [9.17, 15) is 4.79 Å². The third kappa shape index (κ3) is 4.02. The Bertz CT molecular complexity index is 958. The van der Waals surface area contributed by atoms with Gasteiger partial charge in [0.25, 0.3) is 0 Å². The topological polar surface area (TPSA) is 38.8 Å². The molecule has 1 aliphatic rings. The molecule has 1 saturated heterocycles. The molecular formula is C24H23NO3Se. The number of ether oxygens (including phenoxy) is 2. The number of nitrogens with zero attached hydrogens (tertiary/aromatic N) is 1. The Hall–Kier alpha value is -2.75. The molecule has 0 radical (unpaired) electrons. The molecule has 4 nitrogen and oxygen atoms in total. The van der Waals surface area contributed by atoms with Gasteiger partial charge in [-0.2, -0.15) is 0 Å². The molecule has 0 aliphatic carbocycles. The fraction of sp³-hybridized carbons (Fsp3) is 0.208. The van der Waals surface area contributed by atoms with Gasteiger partial charge in [0, 0.05) is 0 Å². The molecule has 29 heavy (non-hydrogen) atoms. The fourth-order valence-corrected chi connectivity index (χ4v) is 6.23. The first-order chi connectivity index (χ1) is 14.2. The van der Waals surface area contributed by atoms with Gasteiger partial charge in [-0.1, -0.05) is 0 Å². The van der Waals surface area contributed by atoms with Crippen molar-refractivity contribution in [3.8, 4) is 11.5 Å². The van der Waals surface area contributed by atoms with Crippen molar-refractivity contribution in [1.29, 1.82) is 0 Å².